The third-order valence-electron chi connectivity index (χ3n) is 2.59. The molecule has 1 aliphatic rings. The molecular formula is C9H11Cl3FN3O. The zero-order valence-corrected chi connectivity index (χ0v) is 11.0. The summed E-state index contributed by atoms with van der Waals surface area (Å²) >= 11 is 11.4. The maximum atomic E-state index is 13.6. The van der Waals surface area contributed by atoms with E-state index in [1.54, 1.807) is 0 Å². The van der Waals surface area contributed by atoms with Crippen molar-refractivity contribution in [2.24, 2.45) is 0 Å². The summed E-state index contributed by atoms with van der Waals surface area (Å²) < 4.78 is 14.7. The minimum atomic E-state index is -1.14. The van der Waals surface area contributed by atoms with Gasteiger partial charge < -0.3 is 5.32 Å². The van der Waals surface area contributed by atoms with Crippen molar-refractivity contribution < 1.29 is 4.39 Å². The fourth-order valence-corrected chi connectivity index (χ4v) is 2.00. The Hall–Kier alpha value is -0.360. The van der Waals surface area contributed by atoms with Crippen molar-refractivity contribution >= 4 is 35.6 Å². The molecule has 1 fully saturated rings. The predicted molar refractivity (Wildman–Crippen MR) is 67.2 cm³/mol. The largest absolute Gasteiger partial charge is 0.314 e. The van der Waals surface area contributed by atoms with Crippen LogP contribution in [0.2, 0.25) is 10.0 Å². The molecule has 1 aromatic heterocycles. The maximum absolute atomic E-state index is 13.6. The Labute approximate surface area is 114 Å². The molecule has 1 N–H and O–H groups in total. The Morgan fingerprint density at radius 2 is 2.24 bits per heavy atom. The van der Waals surface area contributed by atoms with Gasteiger partial charge in [-0.1, -0.05) is 23.2 Å². The van der Waals surface area contributed by atoms with Gasteiger partial charge in [-0.2, -0.15) is 5.10 Å². The average molecular weight is 303 g/mol. The number of nitrogens with one attached hydrogen (secondary N) is 1. The Kier molecular flexibility index (Phi) is 5.19. The van der Waals surface area contributed by atoms with Crippen LogP contribution in [0, 0.1) is 0 Å². The molecule has 1 saturated heterocycles. The van der Waals surface area contributed by atoms with Crippen LogP contribution in [0.3, 0.4) is 0 Å². The summed E-state index contributed by atoms with van der Waals surface area (Å²) in [6, 6.07) is -0.566. The van der Waals surface area contributed by atoms with E-state index in [0.29, 0.717) is 13.0 Å². The molecule has 8 heteroatoms. The number of hydrogen-bond acceptors (Lipinski definition) is 3. The smallest absolute Gasteiger partial charge is 0.287 e. The lowest BCUT2D eigenvalue weighted by Gasteiger charge is -2.27. The monoisotopic (exact) mass is 301 g/mol. The zero-order valence-electron chi connectivity index (χ0n) is 8.70. The Morgan fingerprint density at radius 3 is 2.88 bits per heavy atom. The Morgan fingerprint density at radius 1 is 1.53 bits per heavy atom. The quantitative estimate of drug-likeness (QED) is 0.861. The van der Waals surface area contributed by atoms with Crippen LogP contribution in [-0.4, -0.2) is 29.0 Å². The van der Waals surface area contributed by atoms with Gasteiger partial charge in [0.1, 0.15) is 11.2 Å². The van der Waals surface area contributed by atoms with Gasteiger partial charge in [-0.05, 0) is 13.0 Å². The highest BCUT2D eigenvalue weighted by Gasteiger charge is 2.28. The fraction of sp³-hybridized carbons (Fsp3) is 0.556. The van der Waals surface area contributed by atoms with Crippen molar-refractivity contribution in [3.8, 4) is 0 Å². The minimum absolute atomic E-state index is 0. The average Bonchev–Trinajstić information content (AvgIpc) is 2.28. The molecule has 0 amide bonds. The van der Waals surface area contributed by atoms with Crippen LogP contribution in [0.15, 0.2) is 11.0 Å². The molecule has 17 heavy (non-hydrogen) atoms. The molecule has 2 atom stereocenters. The number of rotatable bonds is 1. The van der Waals surface area contributed by atoms with Gasteiger partial charge in [-0.25, -0.2) is 9.07 Å². The number of hydrogen-bond donors (Lipinski definition) is 1. The van der Waals surface area contributed by atoms with E-state index in [-0.39, 0.29) is 29.0 Å². The van der Waals surface area contributed by atoms with E-state index in [4.69, 9.17) is 23.2 Å². The summed E-state index contributed by atoms with van der Waals surface area (Å²) in [6.45, 7) is 0.873. The van der Waals surface area contributed by atoms with Crippen molar-refractivity contribution in [1.29, 1.82) is 0 Å². The molecule has 2 rings (SSSR count). The van der Waals surface area contributed by atoms with Crippen LogP contribution in [0.4, 0.5) is 4.39 Å². The first kappa shape index (κ1) is 14.7. The van der Waals surface area contributed by atoms with Gasteiger partial charge in [0.15, 0.2) is 0 Å². The zero-order chi connectivity index (χ0) is 11.7. The number of halogens is 4. The van der Waals surface area contributed by atoms with E-state index in [0.717, 1.165) is 4.68 Å². The highest BCUT2D eigenvalue weighted by molar-refractivity contribution is 6.41. The fourth-order valence-electron chi connectivity index (χ4n) is 1.74. The van der Waals surface area contributed by atoms with Crippen molar-refractivity contribution in [3.63, 3.8) is 0 Å². The Balaban J connectivity index is 0.00000144. The van der Waals surface area contributed by atoms with Gasteiger partial charge in [0, 0.05) is 6.54 Å². The second kappa shape index (κ2) is 6.00. The lowest BCUT2D eigenvalue weighted by Crippen LogP contribution is -2.43. The van der Waals surface area contributed by atoms with E-state index in [1.807, 2.05) is 0 Å². The molecule has 0 saturated carbocycles. The summed E-state index contributed by atoms with van der Waals surface area (Å²) in [5.41, 5.74) is -0.538. The lowest BCUT2D eigenvalue weighted by atomic mass is 10.1. The maximum Gasteiger partial charge on any atom is 0.287 e. The molecule has 1 aliphatic heterocycles. The summed E-state index contributed by atoms with van der Waals surface area (Å²) in [4.78, 5) is 11.7. The highest BCUT2D eigenvalue weighted by atomic mass is 35.5. The number of piperidine rings is 1. The summed E-state index contributed by atoms with van der Waals surface area (Å²) in [5, 5.41) is 6.72. The van der Waals surface area contributed by atoms with Crippen LogP contribution in [0.25, 0.3) is 0 Å². The van der Waals surface area contributed by atoms with E-state index >= 15 is 0 Å². The third kappa shape index (κ3) is 2.91. The first-order valence-corrected chi connectivity index (χ1v) is 5.64. The van der Waals surface area contributed by atoms with Crippen LogP contribution in [-0.2, 0) is 0 Å². The van der Waals surface area contributed by atoms with E-state index in [2.05, 4.69) is 10.4 Å². The molecule has 0 radical (unpaired) electrons. The van der Waals surface area contributed by atoms with E-state index in [9.17, 15) is 9.18 Å². The van der Waals surface area contributed by atoms with Crippen LogP contribution in [0.5, 0.6) is 0 Å². The summed E-state index contributed by atoms with van der Waals surface area (Å²) in [5.74, 6) is 0. The summed E-state index contributed by atoms with van der Waals surface area (Å²) in [7, 11) is 0. The predicted octanol–water partition coefficient (Wildman–Crippen LogP) is 1.84. The van der Waals surface area contributed by atoms with Crippen LogP contribution in [0.1, 0.15) is 12.5 Å². The molecule has 0 aromatic carbocycles. The second-order valence-electron chi connectivity index (χ2n) is 3.63. The summed E-state index contributed by atoms with van der Waals surface area (Å²) in [6.07, 6.45) is 0.628. The highest BCUT2D eigenvalue weighted by Crippen LogP contribution is 2.21. The van der Waals surface area contributed by atoms with Gasteiger partial charge in [-0.15, -0.1) is 12.4 Å². The van der Waals surface area contributed by atoms with Crippen LogP contribution < -0.4 is 10.9 Å². The SMILES string of the molecule is Cl.O=c1c(Cl)c(Cl)cnn1[C@@H]1CCNC[C@H]1F. The number of aromatic nitrogens is 2. The van der Waals surface area contributed by atoms with E-state index < -0.39 is 17.8 Å². The molecule has 0 aliphatic carbocycles. The van der Waals surface area contributed by atoms with Crippen molar-refractivity contribution in [2.45, 2.75) is 18.6 Å². The van der Waals surface area contributed by atoms with Crippen molar-refractivity contribution in [3.05, 3.63) is 26.6 Å². The molecule has 1 aromatic rings. The van der Waals surface area contributed by atoms with Gasteiger partial charge in [0.05, 0.1) is 17.3 Å². The van der Waals surface area contributed by atoms with E-state index in [1.165, 1.54) is 6.20 Å². The topological polar surface area (TPSA) is 46.9 Å². The van der Waals surface area contributed by atoms with Crippen LogP contribution >= 0.6 is 35.6 Å². The number of nitrogens with zero attached hydrogens (tertiary/aromatic N) is 2. The lowest BCUT2D eigenvalue weighted by molar-refractivity contribution is 0.168. The first-order chi connectivity index (χ1) is 7.61. The molecule has 2 heterocycles. The standard InChI is InChI=1S/C9H10Cl2FN3O.ClH/c10-5-3-14-15(9(16)8(5)11)7-1-2-13-4-6(7)12;/h3,6-7,13H,1-2,4H2;1H/t6-,7-;/m1./s1. The number of alkyl halides is 1. The third-order valence-corrected chi connectivity index (χ3v) is 3.34. The molecular weight excluding hydrogens is 291 g/mol. The normalized spacial score (nSPS) is 24.2. The van der Waals surface area contributed by atoms with Gasteiger partial charge in [0.25, 0.3) is 5.56 Å². The molecule has 4 nitrogen and oxygen atoms in total. The molecule has 0 unspecified atom stereocenters. The Bertz CT molecular complexity index is 454. The van der Waals surface area contributed by atoms with Crippen molar-refractivity contribution in [1.82, 2.24) is 15.1 Å². The first-order valence-electron chi connectivity index (χ1n) is 4.89. The molecule has 0 bridgehead atoms. The van der Waals surface area contributed by atoms with Gasteiger partial charge in [-0.3, -0.25) is 4.79 Å². The van der Waals surface area contributed by atoms with Gasteiger partial charge in [0.2, 0.25) is 0 Å². The molecule has 0 spiro atoms. The minimum Gasteiger partial charge on any atom is -0.314 e. The van der Waals surface area contributed by atoms with Gasteiger partial charge >= 0.3 is 0 Å². The second-order valence-corrected chi connectivity index (χ2v) is 4.42. The molecule has 96 valence electrons. The van der Waals surface area contributed by atoms with Crippen molar-refractivity contribution in [2.75, 3.05) is 13.1 Å².